The fourth-order valence-electron chi connectivity index (χ4n) is 6.27. The normalized spacial score (nSPS) is 18.9. The van der Waals surface area contributed by atoms with Crippen LogP contribution in [0.2, 0.25) is 0 Å². The van der Waals surface area contributed by atoms with Gasteiger partial charge in [0.05, 0.1) is 12.3 Å². The first-order valence-electron chi connectivity index (χ1n) is 15.1. The molecule has 2 aromatic rings. The highest BCUT2D eigenvalue weighted by Crippen LogP contribution is 2.28. The second kappa shape index (κ2) is 13.9. The van der Waals surface area contributed by atoms with Crippen LogP contribution in [0, 0.1) is 0 Å². The Labute approximate surface area is 243 Å². The molecule has 0 aromatic heterocycles. The Balaban J connectivity index is 1.09. The van der Waals surface area contributed by atoms with Gasteiger partial charge in [-0.05, 0) is 76.0 Å². The first-order valence-corrected chi connectivity index (χ1v) is 15.1. The predicted octanol–water partition coefficient (Wildman–Crippen LogP) is 4.48. The molecule has 222 valence electrons. The molecule has 0 bridgehead atoms. The Hall–Kier alpha value is -3.50. The summed E-state index contributed by atoms with van der Waals surface area (Å²) in [5.41, 5.74) is 2.49. The number of carbonyl (C=O) groups is 2. The van der Waals surface area contributed by atoms with Crippen molar-refractivity contribution in [2.75, 3.05) is 87.2 Å². The molecule has 3 saturated heterocycles. The number of para-hydroxylation sites is 2. The third-order valence-corrected chi connectivity index (χ3v) is 8.57. The molecule has 41 heavy (non-hydrogen) atoms. The van der Waals surface area contributed by atoms with Crippen LogP contribution in [0.3, 0.4) is 0 Å². The van der Waals surface area contributed by atoms with Gasteiger partial charge in [0.25, 0.3) is 0 Å². The van der Waals surface area contributed by atoms with E-state index in [4.69, 9.17) is 4.74 Å². The van der Waals surface area contributed by atoms with Gasteiger partial charge in [-0.3, -0.25) is 9.80 Å². The minimum atomic E-state index is -0.981. The Morgan fingerprint density at radius 3 is 2.39 bits per heavy atom. The van der Waals surface area contributed by atoms with E-state index in [0.717, 1.165) is 63.5 Å². The van der Waals surface area contributed by atoms with Crippen molar-refractivity contribution < 1.29 is 19.4 Å². The van der Waals surface area contributed by atoms with Crippen molar-refractivity contribution in [1.29, 1.82) is 0 Å². The second-order valence-electron chi connectivity index (χ2n) is 11.1. The summed E-state index contributed by atoms with van der Waals surface area (Å²) in [4.78, 5) is 35.6. The molecule has 3 fully saturated rings. The average molecular weight is 565 g/mol. The van der Waals surface area contributed by atoms with E-state index in [1.807, 2.05) is 42.2 Å². The van der Waals surface area contributed by atoms with Crippen molar-refractivity contribution in [2.24, 2.45) is 0 Å². The molecule has 2 aromatic carbocycles. The molecule has 0 saturated carbocycles. The number of carbonyl (C=O) groups excluding carboxylic acids is 1. The number of hydrogen-bond acceptors (Lipinski definition) is 6. The Bertz CT molecular complexity index is 1160. The third kappa shape index (κ3) is 7.42. The average Bonchev–Trinajstić information content (AvgIpc) is 3.54. The van der Waals surface area contributed by atoms with E-state index >= 15 is 0 Å². The number of nitrogens with one attached hydrogen (secondary N) is 1. The first kappa shape index (κ1) is 29.0. The van der Waals surface area contributed by atoms with Gasteiger partial charge in [-0.2, -0.15) is 0 Å². The van der Waals surface area contributed by atoms with Crippen LogP contribution in [0.15, 0.2) is 48.5 Å². The number of carboxylic acid groups (broad SMARTS) is 1. The molecule has 5 rings (SSSR count). The van der Waals surface area contributed by atoms with Crippen LogP contribution in [0.25, 0.3) is 0 Å². The number of piperidine rings is 1. The molecule has 0 unspecified atom stereocenters. The Morgan fingerprint density at radius 1 is 0.951 bits per heavy atom. The summed E-state index contributed by atoms with van der Waals surface area (Å²) in [7, 11) is 0. The van der Waals surface area contributed by atoms with E-state index in [-0.39, 0.29) is 6.03 Å². The van der Waals surface area contributed by atoms with Gasteiger partial charge in [-0.25, -0.2) is 9.59 Å². The van der Waals surface area contributed by atoms with Crippen molar-refractivity contribution >= 4 is 29.2 Å². The molecular formula is C31H44N6O4. The molecule has 3 heterocycles. The number of benzene rings is 2. The van der Waals surface area contributed by atoms with Gasteiger partial charge in [0.2, 0.25) is 0 Å². The van der Waals surface area contributed by atoms with Crippen molar-refractivity contribution in [2.45, 2.75) is 38.6 Å². The minimum absolute atomic E-state index is 0.0132. The zero-order valence-electron chi connectivity index (χ0n) is 24.2. The molecule has 3 aliphatic heterocycles. The number of ether oxygens (including phenoxy) is 1. The summed E-state index contributed by atoms with van der Waals surface area (Å²) in [6.45, 7) is 10.8. The van der Waals surface area contributed by atoms with E-state index in [9.17, 15) is 14.7 Å². The van der Waals surface area contributed by atoms with Gasteiger partial charge in [-0.1, -0.05) is 18.2 Å². The van der Waals surface area contributed by atoms with E-state index in [0.29, 0.717) is 37.2 Å². The third-order valence-electron chi connectivity index (χ3n) is 8.57. The fraction of sp³-hybridized carbons (Fsp3) is 0.548. The monoisotopic (exact) mass is 564 g/mol. The number of likely N-dealkylation sites (tertiary alicyclic amines) is 2. The van der Waals surface area contributed by atoms with Crippen molar-refractivity contribution in [1.82, 2.24) is 14.7 Å². The lowest BCUT2D eigenvalue weighted by atomic mass is 10.0. The topological polar surface area (TPSA) is 91.8 Å². The van der Waals surface area contributed by atoms with Gasteiger partial charge in [0, 0.05) is 69.8 Å². The van der Waals surface area contributed by atoms with Gasteiger partial charge >= 0.3 is 12.1 Å². The highest BCUT2D eigenvalue weighted by atomic mass is 16.5. The van der Waals surface area contributed by atoms with E-state index in [2.05, 4.69) is 32.1 Å². The maximum Gasteiger partial charge on any atom is 0.411 e. The lowest BCUT2D eigenvalue weighted by Crippen LogP contribution is -2.49. The maximum absolute atomic E-state index is 13.0. The van der Waals surface area contributed by atoms with Crippen LogP contribution in [0.1, 0.15) is 32.6 Å². The van der Waals surface area contributed by atoms with Gasteiger partial charge in [0.1, 0.15) is 5.75 Å². The minimum Gasteiger partial charge on any atom is -0.492 e. The Kier molecular flexibility index (Phi) is 9.84. The highest BCUT2D eigenvalue weighted by Gasteiger charge is 2.28. The molecule has 10 nitrogen and oxygen atoms in total. The summed E-state index contributed by atoms with van der Waals surface area (Å²) >= 11 is 0. The highest BCUT2D eigenvalue weighted by molar-refractivity contribution is 5.90. The largest absolute Gasteiger partial charge is 0.492 e. The first-order chi connectivity index (χ1) is 20.0. The molecule has 0 atom stereocenters. The number of piperazine rings is 1. The van der Waals surface area contributed by atoms with Crippen LogP contribution in [0.5, 0.6) is 5.75 Å². The molecule has 0 radical (unpaired) electrons. The fourth-order valence-corrected chi connectivity index (χ4v) is 6.27. The van der Waals surface area contributed by atoms with E-state index < -0.39 is 6.09 Å². The van der Waals surface area contributed by atoms with Crippen molar-refractivity contribution in [3.05, 3.63) is 48.5 Å². The summed E-state index contributed by atoms with van der Waals surface area (Å²) in [5.74, 6) is 0.584. The predicted molar refractivity (Wildman–Crippen MR) is 162 cm³/mol. The van der Waals surface area contributed by atoms with Crippen molar-refractivity contribution in [3.63, 3.8) is 0 Å². The van der Waals surface area contributed by atoms with E-state index in [1.54, 1.807) is 6.07 Å². The quantitative estimate of drug-likeness (QED) is 0.464. The molecule has 10 heteroatoms. The van der Waals surface area contributed by atoms with Crippen molar-refractivity contribution in [3.8, 4) is 5.75 Å². The molecule has 0 spiro atoms. The summed E-state index contributed by atoms with van der Waals surface area (Å²) in [6, 6.07) is 16.0. The number of amides is 3. The lowest BCUT2D eigenvalue weighted by molar-refractivity contribution is 0.140. The smallest absolute Gasteiger partial charge is 0.411 e. The SMILES string of the molecule is CCOc1ccccc1N(CCN1CCN(c2cccc(NC(=O)N3CCC(N4CCCC4)CC3)c2)CC1)C(=O)O. The maximum atomic E-state index is 13.0. The summed E-state index contributed by atoms with van der Waals surface area (Å²) in [5, 5.41) is 13.0. The molecule has 3 aliphatic rings. The lowest BCUT2D eigenvalue weighted by Gasteiger charge is -2.37. The molecule has 3 amide bonds. The van der Waals surface area contributed by atoms with Crippen LogP contribution >= 0.6 is 0 Å². The number of rotatable bonds is 9. The number of anilines is 3. The molecule has 0 aliphatic carbocycles. The Morgan fingerprint density at radius 2 is 1.68 bits per heavy atom. The van der Waals surface area contributed by atoms with Gasteiger partial charge in [0.15, 0.2) is 0 Å². The van der Waals surface area contributed by atoms with Crippen LogP contribution in [0.4, 0.5) is 26.7 Å². The van der Waals surface area contributed by atoms with Gasteiger partial charge < -0.3 is 29.9 Å². The molecular weight excluding hydrogens is 520 g/mol. The van der Waals surface area contributed by atoms with Crippen LogP contribution < -0.4 is 19.9 Å². The van der Waals surface area contributed by atoms with E-state index in [1.165, 1.54) is 30.8 Å². The van der Waals surface area contributed by atoms with Gasteiger partial charge in [-0.15, -0.1) is 0 Å². The summed E-state index contributed by atoms with van der Waals surface area (Å²) < 4.78 is 5.66. The zero-order valence-corrected chi connectivity index (χ0v) is 24.2. The van der Waals surface area contributed by atoms with Crippen LogP contribution in [-0.4, -0.2) is 110 Å². The van der Waals surface area contributed by atoms with Crippen LogP contribution in [-0.2, 0) is 0 Å². The number of urea groups is 1. The summed E-state index contributed by atoms with van der Waals surface area (Å²) in [6.07, 6.45) is 3.74. The molecule has 2 N–H and O–H groups in total. The number of nitrogens with zero attached hydrogens (tertiary/aromatic N) is 5. The standard InChI is InChI=1S/C31H44N6O4/c1-2-41-29-11-4-3-10-28(29)37(31(39)40)23-20-33-18-21-35(22-19-33)27-9-7-8-25(24-27)32-30(38)36-16-12-26(13-17-36)34-14-5-6-15-34/h3-4,7-11,24,26H,2,5-6,12-23H2,1H3,(H,32,38)(H,39,40). The number of hydrogen-bond donors (Lipinski definition) is 2. The second-order valence-corrected chi connectivity index (χ2v) is 11.1. The zero-order chi connectivity index (χ0) is 28.6.